The molecule has 3 heterocycles. The van der Waals surface area contributed by atoms with Crippen LogP contribution in [0.1, 0.15) is 39.5 Å². The third-order valence-electron chi connectivity index (χ3n) is 6.29. The monoisotopic (exact) mass is 280 g/mol. The molecule has 20 heavy (non-hydrogen) atoms. The maximum Gasteiger partial charge on any atom is 0.0471 e. The summed E-state index contributed by atoms with van der Waals surface area (Å²) in [5, 5.41) is 0. The van der Waals surface area contributed by atoms with Gasteiger partial charge in [0.1, 0.15) is 0 Å². The Morgan fingerprint density at radius 2 is 1.90 bits per heavy atom. The van der Waals surface area contributed by atoms with Crippen molar-refractivity contribution in [1.29, 1.82) is 0 Å². The quantitative estimate of drug-likeness (QED) is 0.835. The summed E-state index contributed by atoms with van der Waals surface area (Å²) in [7, 11) is 2.33. The molecule has 0 radical (unpaired) electrons. The van der Waals surface area contributed by atoms with Gasteiger partial charge in [0.05, 0.1) is 0 Å². The molecule has 3 fully saturated rings. The zero-order valence-electron chi connectivity index (χ0n) is 13.5. The Hall–Kier alpha value is -0.160. The first kappa shape index (κ1) is 14.8. The fourth-order valence-electron chi connectivity index (χ4n) is 4.62. The van der Waals surface area contributed by atoms with Gasteiger partial charge in [-0.3, -0.25) is 14.7 Å². The summed E-state index contributed by atoms with van der Waals surface area (Å²) in [6.07, 6.45) is 5.37. The lowest BCUT2D eigenvalue weighted by atomic mass is 9.93. The lowest BCUT2D eigenvalue weighted by Crippen LogP contribution is -2.58. The summed E-state index contributed by atoms with van der Waals surface area (Å²) in [6.45, 7) is 10.3. The van der Waals surface area contributed by atoms with Crippen LogP contribution in [0.3, 0.4) is 0 Å². The van der Waals surface area contributed by atoms with Crippen molar-refractivity contribution in [2.24, 2.45) is 5.73 Å². The van der Waals surface area contributed by atoms with Crippen molar-refractivity contribution in [3.05, 3.63) is 0 Å². The Morgan fingerprint density at radius 1 is 1.15 bits per heavy atom. The van der Waals surface area contributed by atoms with Crippen LogP contribution in [0.5, 0.6) is 0 Å². The summed E-state index contributed by atoms with van der Waals surface area (Å²) in [6, 6.07) is 2.23. The summed E-state index contributed by atoms with van der Waals surface area (Å²) < 4.78 is 0. The molecule has 3 atom stereocenters. The molecular weight excluding hydrogens is 248 g/mol. The molecular formula is C16H32N4. The van der Waals surface area contributed by atoms with Gasteiger partial charge >= 0.3 is 0 Å². The van der Waals surface area contributed by atoms with Crippen LogP contribution < -0.4 is 5.73 Å². The molecule has 3 aliphatic rings. The minimum Gasteiger partial charge on any atom is -0.329 e. The normalized spacial score (nSPS) is 40.6. The summed E-state index contributed by atoms with van der Waals surface area (Å²) >= 11 is 0. The van der Waals surface area contributed by atoms with Gasteiger partial charge in [-0.1, -0.05) is 0 Å². The van der Waals surface area contributed by atoms with Crippen molar-refractivity contribution in [2.75, 3.05) is 39.8 Å². The average molecular weight is 280 g/mol. The van der Waals surface area contributed by atoms with Gasteiger partial charge in [0.2, 0.25) is 0 Å². The number of fused-ring (bicyclic) bond motifs is 2. The number of hydrogen-bond donors (Lipinski definition) is 1. The molecule has 4 nitrogen and oxygen atoms in total. The minimum atomic E-state index is 0.246. The van der Waals surface area contributed by atoms with Crippen LogP contribution in [0.15, 0.2) is 0 Å². The van der Waals surface area contributed by atoms with Gasteiger partial charge in [-0.15, -0.1) is 0 Å². The SMILES string of the molecule is CC(C)N1CCC(CN)(N2CCC3CCC(C2)N3C)C1. The largest absolute Gasteiger partial charge is 0.329 e. The second-order valence-corrected chi connectivity index (χ2v) is 7.53. The second-order valence-electron chi connectivity index (χ2n) is 7.53. The second kappa shape index (κ2) is 5.56. The highest BCUT2D eigenvalue weighted by Gasteiger charge is 2.46. The van der Waals surface area contributed by atoms with Gasteiger partial charge in [0.25, 0.3) is 0 Å². The Bertz CT molecular complexity index is 345. The van der Waals surface area contributed by atoms with Gasteiger partial charge < -0.3 is 5.73 Å². The van der Waals surface area contributed by atoms with E-state index in [9.17, 15) is 0 Å². The van der Waals surface area contributed by atoms with E-state index in [1.165, 1.54) is 51.9 Å². The first-order valence-corrected chi connectivity index (χ1v) is 8.47. The Labute approximate surface area is 124 Å². The van der Waals surface area contributed by atoms with Gasteiger partial charge in [-0.05, 0) is 46.6 Å². The fraction of sp³-hybridized carbons (Fsp3) is 1.00. The molecule has 3 aliphatic heterocycles. The van der Waals surface area contributed by atoms with Crippen molar-refractivity contribution in [1.82, 2.24) is 14.7 Å². The van der Waals surface area contributed by atoms with Crippen molar-refractivity contribution in [3.63, 3.8) is 0 Å². The molecule has 0 spiro atoms. The number of rotatable bonds is 3. The zero-order valence-corrected chi connectivity index (χ0v) is 13.5. The molecule has 2 N–H and O–H groups in total. The first-order chi connectivity index (χ1) is 9.55. The van der Waals surface area contributed by atoms with Crippen molar-refractivity contribution in [2.45, 2.75) is 63.2 Å². The van der Waals surface area contributed by atoms with Gasteiger partial charge in [0.15, 0.2) is 0 Å². The first-order valence-electron chi connectivity index (χ1n) is 8.47. The van der Waals surface area contributed by atoms with E-state index in [1.807, 2.05) is 0 Å². The van der Waals surface area contributed by atoms with Crippen LogP contribution in [0, 0.1) is 0 Å². The van der Waals surface area contributed by atoms with E-state index >= 15 is 0 Å². The number of nitrogens with two attached hydrogens (primary N) is 1. The maximum absolute atomic E-state index is 6.26. The third-order valence-corrected chi connectivity index (χ3v) is 6.29. The lowest BCUT2D eigenvalue weighted by molar-refractivity contribution is 0.0834. The predicted octanol–water partition coefficient (Wildman–Crippen LogP) is 0.967. The number of hydrogen-bond acceptors (Lipinski definition) is 4. The molecule has 116 valence electrons. The van der Waals surface area contributed by atoms with E-state index in [-0.39, 0.29) is 5.54 Å². The fourth-order valence-corrected chi connectivity index (χ4v) is 4.62. The van der Waals surface area contributed by atoms with E-state index in [4.69, 9.17) is 5.73 Å². The molecule has 0 aromatic carbocycles. The van der Waals surface area contributed by atoms with E-state index < -0.39 is 0 Å². The Kier molecular flexibility index (Phi) is 4.10. The minimum absolute atomic E-state index is 0.246. The molecule has 3 saturated heterocycles. The highest BCUT2D eigenvalue weighted by molar-refractivity contribution is 5.04. The molecule has 3 rings (SSSR count). The Balaban J connectivity index is 1.74. The smallest absolute Gasteiger partial charge is 0.0471 e. The van der Waals surface area contributed by atoms with E-state index in [2.05, 4.69) is 35.6 Å². The molecule has 0 amide bonds. The van der Waals surface area contributed by atoms with Crippen molar-refractivity contribution in [3.8, 4) is 0 Å². The van der Waals surface area contributed by atoms with Crippen LogP contribution >= 0.6 is 0 Å². The van der Waals surface area contributed by atoms with E-state index in [0.717, 1.165) is 18.6 Å². The van der Waals surface area contributed by atoms with Crippen molar-refractivity contribution < 1.29 is 0 Å². The molecule has 0 saturated carbocycles. The summed E-state index contributed by atoms with van der Waals surface area (Å²) in [4.78, 5) is 8.01. The summed E-state index contributed by atoms with van der Waals surface area (Å²) in [5.41, 5.74) is 6.51. The van der Waals surface area contributed by atoms with Gasteiger partial charge in [-0.25, -0.2) is 0 Å². The standard InChI is InChI=1S/C16H32N4/c1-13(2)19-9-7-16(11-17,12-19)20-8-6-14-4-5-15(10-20)18(14)3/h13-15H,4-12,17H2,1-3H3. The topological polar surface area (TPSA) is 35.7 Å². The lowest BCUT2D eigenvalue weighted by Gasteiger charge is -2.42. The highest BCUT2D eigenvalue weighted by Crippen LogP contribution is 2.35. The number of nitrogens with zero attached hydrogens (tertiary/aromatic N) is 3. The van der Waals surface area contributed by atoms with Crippen LogP contribution in [0.2, 0.25) is 0 Å². The third kappa shape index (κ3) is 2.41. The zero-order chi connectivity index (χ0) is 14.3. The molecule has 0 aliphatic carbocycles. The van der Waals surface area contributed by atoms with E-state index in [0.29, 0.717) is 6.04 Å². The number of likely N-dealkylation sites (N-methyl/N-ethyl adjacent to an activating group) is 1. The van der Waals surface area contributed by atoms with Crippen LogP contribution in [0.25, 0.3) is 0 Å². The number of likely N-dealkylation sites (tertiary alicyclic amines) is 2. The molecule has 4 heteroatoms. The van der Waals surface area contributed by atoms with Crippen LogP contribution in [0.4, 0.5) is 0 Å². The molecule has 3 unspecified atom stereocenters. The molecule has 0 aromatic rings. The Morgan fingerprint density at radius 3 is 2.55 bits per heavy atom. The average Bonchev–Trinajstić information content (AvgIpc) is 2.94. The van der Waals surface area contributed by atoms with Crippen molar-refractivity contribution >= 4 is 0 Å². The summed E-state index contributed by atoms with van der Waals surface area (Å²) in [5.74, 6) is 0. The van der Waals surface area contributed by atoms with Gasteiger partial charge in [-0.2, -0.15) is 0 Å². The predicted molar refractivity (Wildman–Crippen MR) is 83.9 cm³/mol. The molecule has 2 bridgehead atoms. The maximum atomic E-state index is 6.26. The van der Waals surface area contributed by atoms with E-state index in [1.54, 1.807) is 0 Å². The van der Waals surface area contributed by atoms with Crippen LogP contribution in [-0.4, -0.2) is 78.1 Å². The molecule has 0 aromatic heterocycles. The van der Waals surface area contributed by atoms with Gasteiger partial charge in [0, 0.05) is 56.4 Å². The van der Waals surface area contributed by atoms with Crippen LogP contribution in [-0.2, 0) is 0 Å². The highest BCUT2D eigenvalue weighted by atomic mass is 15.3.